The molecule has 2 heterocycles. The van der Waals surface area contributed by atoms with E-state index in [0.717, 1.165) is 29.2 Å². The number of aliphatic carboxylic acids is 1. The molecule has 0 fully saturated rings. The number of benzene rings is 4. The first-order valence-corrected chi connectivity index (χ1v) is 21.5. The predicted octanol–water partition coefficient (Wildman–Crippen LogP) is 7.30. The second-order valence-electron chi connectivity index (χ2n) is 16.6. The Morgan fingerprint density at radius 1 is 0.820 bits per heavy atom. The highest BCUT2D eigenvalue weighted by Crippen LogP contribution is 2.53. The standard InChI is InChI=1S/C50H61N7O4/c1-5-50(32-15-25-43(58)55-47(61)38(51)22-17-33-54-48(52)53)42(57(4)40-30-28-35-19-12-14-21-37(35)46(40)50)24-10-8-6-7-9-23-41-49(2,31-16-26-44(59)60)45-36-20-13-11-18-34(36)27-29-39(45)56(41)3/h6-14,18-21,23-24,27-30,38,48,54H,5,15-17,22,25-26,31-33,51-53H2,1-4H3,(H-,55,58,59,60,61)/p+1/t38-,49?,50?/m0/s1. The predicted molar refractivity (Wildman–Crippen MR) is 248 cm³/mol. The lowest BCUT2D eigenvalue weighted by Crippen LogP contribution is -2.46. The fraction of sp³-hybridized carbons (Fsp3) is 0.360. The van der Waals surface area contributed by atoms with Gasteiger partial charge in [-0.2, -0.15) is 4.58 Å². The quantitative estimate of drug-likeness (QED) is 0.0245. The maximum atomic E-state index is 13.1. The van der Waals surface area contributed by atoms with Gasteiger partial charge < -0.3 is 27.2 Å². The van der Waals surface area contributed by atoms with E-state index in [0.29, 0.717) is 45.1 Å². The number of nitrogens with one attached hydrogen (secondary N) is 2. The summed E-state index contributed by atoms with van der Waals surface area (Å²) in [5.41, 5.74) is 23.5. The molecule has 6 rings (SSSR count). The van der Waals surface area contributed by atoms with Crippen LogP contribution in [0.5, 0.6) is 0 Å². The molecule has 0 aromatic heterocycles. The Balaban J connectivity index is 1.19. The van der Waals surface area contributed by atoms with Crippen molar-refractivity contribution in [1.29, 1.82) is 0 Å². The number of nitrogens with two attached hydrogens (primary N) is 3. The van der Waals surface area contributed by atoms with Crippen LogP contribution >= 0.6 is 0 Å². The van der Waals surface area contributed by atoms with E-state index in [1.807, 2.05) is 18.2 Å². The number of likely N-dealkylation sites (N-methyl/N-ethyl adjacent to an activating group) is 1. The first kappa shape index (κ1) is 44.8. The van der Waals surface area contributed by atoms with E-state index < -0.39 is 24.2 Å². The van der Waals surface area contributed by atoms with Crippen molar-refractivity contribution in [1.82, 2.24) is 10.6 Å². The van der Waals surface area contributed by atoms with Crippen molar-refractivity contribution in [3.63, 3.8) is 0 Å². The van der Waals surface area contributed by atoms with Gasteiger partial charge in [0.05, 0.1) is 11.5 Å². The van der Waals surface area contributed by atoms with Gasteiger partial charge in [0, 0.05) is 54.4 Å². The smallest absolute Gasteiger partial charge is 0.303 e. The van der Waals surface area contributed by atoms with Crippen molar-refractivity contribution in [3.8, 4) is 0 Å². The van der Waals surface area contributed by atoms with E-state index in [9.17, 15) is 19.5 Å². The Morgan fingerprint density at radius 3 is 2.15 bits per heavy atom. The number of carboxylic acid groups (broad SMARTS) is 1. The lowest BCUT2D eigenvalue weighted by molar-refractivity contribution is -0.401. The molecule has 4 aromatic carbocycles. The number of hydrogen-bond acceptors (Lipinski definition) is 8. The minimum absolute atomic E-state index is 0.129. The Labute approximate surface area is 359 Å². The van der Waals surface area contributed by atoms with Gasteiger partial charge >= 0.3 is 5.97 Å². The molecule has 0 bridgehead atoms. The Hall–Kier alpha value is -5.72. The summed E-state index contributed by atoms with van der Waals surface area (Å²) in [7, 11) is 4.20. The monoisotopic (exact) mass is 824 g/mol. The molecule has 9 N–H and O–H groups in total. The fourth-order valence-corrected chi connectivity index (χ4v) is 9.62. The van der Waals surface area contributed by atoms with Gasteiger partial charge in [0.1, 0.15) is 13.3 Å². The number of imide groups is 1. The maximum Gasteiger partial charge on any atom is 0.303 e. The molecule has 11 heteroatoms. The van der Waals surface area contributed by atoms with Crippen LogP contribution in [0.25, 0.3) is 21.5 Å². The lowest BCUT2D eigenvalue weighted by Gasteiger charge is -2.29. The first-order valence-electron chi connectivity index (χ1n) is 21.5. The Morgan fingerprint density at radius 2 is 1.46 bits per heavy atom. The van der Waals surface area contributed by atoms with Gasteiger partial charge in [0.15, 0.2) is 5.71 Å². The highest BCUT2D eigenvalue weighted by atomic mass is 16.4. The van der Waals surface area contributed by atoms with Crippen molar-refractivity contribution < 1.29 is 24.1 Å². The third-order valence-electron chi connectivity index (χ3n) is 12.6. The molecular formula is C50H62N7O4+. The molecule has 61 heavy (non-hydrogen) atoms. The van der Waals surface area contributed by atoms with Crippen LogP contribution in [0.2, 0.25) is 0 Å². The van der Waals surface area contributed by atoms with E-state index >= 15 is 0 Å². The number of fused-ring (bicyclic) bond motifs is 6. The summed E-state index contributed by atoms with van der Waals surface area (Å²) < 4.78 is 2.27. The Kier molecular flexibility index (Phi) is 14.5. The summed E-state index contributed by atoms with van der Waals surface area (Å²) in [6.45, 7) is 4.97. The van der Waals surface area contributed by atoms with Gasteiger partial charge in [0.2, 0.25) is 17.5 Å². The summed E-state index contributed by atoms with van der Waals surface area (Å²) in [5.74, 6) is -1.59. The van der Waals surface area contributed by atoms with Gasteiger partial charge in [0.25, 0.3) is 0 Å². The van der Waals surface area contributed by atoms with Crippen LogP contribution in [-0.2, 0) is 25.2 Å². The van der Waals surface area contributed by atoms with E-state index in [1.54, 1.807) is 0 Å². The number of carbonyl (C=O) groups excluding carboxylic acids is 2. The zero-order valence-corrected chi connectivity index (χ0v) is 36.0. The summed E-state index contributed by atoms with van der Waals surface area (Å²) in [6, 6.07) is 24.8. The SMILES string of the molecule is CCC1(CCCC(=O)NC(=O)[C@@H](N)CCCNC(N)N)C(/C=C/C=C/C=C/C=C2/N(C)c3ccc4ccccc4c3C2(C)CCCC(=O)O)=[N+](C)c2ccc3ccccc3c21. The largest absolute Gasteiger partial charge is 0.481 e. The van der Waals surface area contributed by atoms with Crippen LogP contribution in [-0.4, -0.2) is 66.1 Å². The van der Waals surface area contributed by atoms with Crippen LogP contribution in [0.3, 0.4) is 0 Å². The summed E-state index contributed by atoms with van der Waals surface area (Å²) >= 11 is 0. The highest BCUT2D eigenvalue weighted by molar-refractivity contribution is 6.08. The number of carbonyl (C=O) groups is 3. The molecule has 0 aliphatic carbocycles. The molecule has 2 aliphatic rings. The molecule has 0 saturated carbocycles. The number of rotatable bonds is 19. The second-order valence-corrected chi connectivity index (χ2v) is 16.6. The van der Waals surface area contributed by atoms with Gasteiger partial charge in [-0.25, -0.2) is 0 Å². The molecule has 11 nitrogen and oxygen atoms in total. The molecular weight excluding hydrogens is 763 g/mol. The molecule has 0 spiro atoms. The minimum atomic E-state index is -0.800. The number of nitrogens with zero attached hydrogens (tertiary/aromatic N) is 2. The van der Waals surface area contributed by atoms with Gasteiger partial charge in [-0.05, 0) is 104 Å². The van der Waals surface area contributed by atoms with Gasteiger partial charge in [-0.1, -0.05) is 91.9 Å². The molecule has 3 atom stereocenters. The van der Waals surface area contributed by atoms with E-state index in [-0.39, 0.29) is 29.6 Å². The fourth-order valence-electron chi connectivity index (χ4n) is 9.62. The van der Waals surface area contributed by atoms with E-state index in [1.165, 1.54) is 32.7 Å². The molecule has 320 valence electrons. The van der Waals surface area contributed by atoms with Crippen LogP contribution in [0.4, 0.5) is 11.4 Å². The number of anilines is 1. The number of carboxylic acids is 1. The first-order chi connectivity index (χ1) is 29.3. The maximum absolute atomic E-state index is 13.1. The van der Waals surface area contributed by atoms with Crippen LogP contribution < -0.4 is 32.7 Å². The number of hydrogen-bond donors (Lipinski definition) is 6. The highest BCUT2D eigenvalue weighted by Gasteiger charge is 2.49. The van der Waals surface area contributed by atoms with Crippen molar-refractivity contribution in [3.05, 3.63) is 132 Å². The molecule has 4 aromatic rings. The topological polar surface area (TPSA) is 180 Å². The van der Waals surface area contributed by atoms with Crippen LogP contribution in [0, 0.1) is 0 Å². The summed E-state index contributed by atoms with van der Waals surface area (Å²) in [5, 5.41) is 19.6. The normalized spacial score (nSPS) is 20.0. The zero-order valence-electron chi connectivity index (χ0n) is 36.0. The second kappa shape index (κ2) is 19.8. The van der Waals surface area contributed by atoms with Crippen LogP contribution in [0.15, 0.2) is 121 Å². The average molecular weight is 825 g/mol. The third-order valence-corrected chi connectivity index (χ3v) is 12.6. The van der Waals surface area contributed by atoms with Crippen molar-refractivity contribution >= 4 is 56.4 Å². The summed E-state index contributed by atoms with van der Waals surface area (Å²) in [4.78, 5) is 39.5. The molecule has 2 unspecified atom stereocenters. The average Bonchev–Trinajstić information content (AvgIpc) is 3.61. The molecule has 0 saturated heterocycles. The minimum Gasteiger partial charge on any atom is -0.481 e. The summed E-state index contributed by atoms with van der Waals surface area (Å²) in [6.07, 6.45) is 18.6. The van der Waals surface area contributed by atoms with Crippen molar-refractivity contribution in [2.75, 3.05) is 25.5 Å². The molecule has 2 aliphatic heterocycles. The van der Waals surface area contributed by atoms with Gasteiger partial charge in [-0.15, -0.1) is 0 Å². The molecule has 0 radical (unpaired) electrons. The lowest BCUT2D eigenvalue weighted by atomic mass is 9.70. The third kappa shape index (κ3) is 9.61. The van der Waals surface area contributed by atoms with Gasteiger partial charge in [-0.3, -0.25) is 25.0 Å². The van der Waals surface area contributed by atoms with E-state index in [2.05, 4.69) is 145 Å². The molecule has 2 amide bonds. The Bertz CT molecular complexity index is 2430. The number of amides is 2. The van der Waals surface area contributed by atoms with Crippen molar-refractivity contribution in [2.45, 2.75) is 94.8 Å². The van der Waals surface area contributed by atoms with E-state index in [4.69, 9.17) is 17.2 Å². The number of allylic oxidation sites excluding steroid dienone is 8. The zero-order chi connectivity index (χ0) is 43.7. The van der Waals surface area contributed by atoms with Crippen LogP contribution in [0.1, 0.15) is 82.8 Å². The van der Waals surface area contributed by atoms with Crippen molar-refractivity contribution in [2.24, 2.45) is 17.2 Å².